The number of aliphatic hydroxyl groups excluding tert-OH is 1. The van der Waals surface area contributed by atoms with E-state index in [0.29, 0.717) is 19.8 Å². The summed E-state index contributed by atoms with van der Waals surface area (Å²) in [5, 5.41) is 19.6. The van der Waals surface area contributed by atoms with Crippen LogP contribution in [0.5, 0.6) is 0 Å². The zero-order valence-electron chi connectivity index (χ0n) is 15.1. The van der Waals surface area contributed by atoms with E-state index in [-0.39, 0.29) is 30.3 Å². The Bertz CT molecular complexity index is 379. The molecular formula is C17H32N2O6. The van der Waals surface area contributed by atoms with Crippen LogP contribution in [0.3, 0.4) is 0 Å². The zero-order chi connectivity index (χ0) is 18.5. The lowest BCUT2D eigenvalue weighted by molar-refractivity contribution is -0.127. The minimum Gasteiger partial charge on any atom is -0.483 e. The number of piperidine rings is 1. The van der Waals surface area contributed by atoms with Crippen molar-refractivity contribution in [3.63, 3.8) is 0 Å². The average molecular weight is 360 g/mol. The SMILES string of the molecule is COCCN1CCC(C(=O)NCC2(CO)CCOCC2)CC1.O=CO. The fraction of sp³-hybridized carbons (Fsp3) is 0.882. The molecule has 0 saturated carbocycles. The smallest absolute Gasteiger partial charge is 0.290 e. The lowest BCUT2D eigenvalue weighted by atomic mass is 9.81. The maximum Gasteiger partial charge on any atom is 0.290 e. The highest BCUT2D eigenvalue weighted by molar-refractivity contribution is 5.78. The maximum absolute atomic E-state index is 12.4. The predicted octanol–water partition coefficient (Wildman–Crippen LogP) is -0.0491. The second-order valence-corrected chi connectivity index (χ2v) is 6.70. The first-order chi connectivity index (χ1) is 12.1. The van der Waals surface area contributed by atoms with E-state index in [4.69, 9.17) is 19.4 Å². The number of amides is 1. The van der Waals surface area contributed by atoms with Crippen LogP contribution in [0.4, 0.5) is 0 Å². The van der Waals surface area contributed by atoms with E-state index in [9.17, 15) is 9.90 Å². The standard InChI is InChI=1S/C16H30N2O4.CH2O2/c1-21-11-8-18-6-2-14(3-7-18)15(20)17-12-16(13-19)4-9-22-10-5-16;2-1-3/h14,19H,2-13H2,1H3,(H,17,20);1H,(H,2,3). The lowest BCUT2D eigenvalue weighted by Crippen LogP contribution is -2.47. The summed E-state index contributed by atoms with van der Waals surface area (Å²) in [6.07, 6.45) is 3.45. The van der Waals surface area contributed by atoms with Gasteiger partial charge in [0.2, 0.25) is 5.91 Å². The molecule has 2 rings (SSSR count). The third-order valence-electron chi connectivity index (χ3n) is 5.10. The van der Waals surface area contributed by atoms with Crippen LogP contribution in [0.25, 0.3) is 0 Å². The number of rotatable bonds is 7. The Morgan fingerprint density at radius 2 is 1.96 bits per heavy atom. The first kappa shape index (κ1) is 21.8. The summed E-state index contributed by atoms with van der Waals surface area (Å²) in [6, 6.07) is 0. The molecule has 3 N–H and O–H groups in total. The molecule has 0 aromatic rings. The van der Waals surface area contributed by atoms with Crippen LogP contribution in [-0.2, 0) is 19.1 Å². The zero-order valence-corrected chi connectivity index (χ0v) is 15.1. The lowest BCUT2D eigenvalue weighted by Gasteiger charge is -2.36. The molecule has 8 nitrogen and oxygen atoms in total. The molecule has 0 aromatic heterocycles. The summed E-state index contributed by atoms with van der Waals surface area (Å²) in [6.45, 7) is 5.39. The summed E-state index contributed by atoms with van der Waals surface area (Å²) in [5.41, 5.74) is -0.187. The van der Waals surface area contributed by atoms with Crippen LogP contribution in [0.1, 0.15) is 25.7 Å². The second kappa shape index (κ2) is 12.2. The van der Waals surface area contributed by atoms with Gasteiger partial charge in [0, 0.05) is 44.7 Å². The fourth-order valence-electron chi connectivity index (χ4n) is 3.25. The maximum atomic E-state index is 12.4. The molecule has 0 atom stereocenters. The van der Waals surface area contributed by atoms with Crippen molar-refractivity contribution in [3.05, 3.63) is 0 Å². The molecule has 2 saturated heterocycles. The van der Waals surface area contributed by atoms with Gasteiger partial charge in [0.25, 0.3) is 6.47 Å². The van der Waals surface area contributed by atoms with E-state index in [1.54, 1.807) is 7.11 Å². The molecule has 2 fully saturated rings. The van der Waals surface area contributed by atoms with Crippen molar-refractivity contribution < 1.29 is 29.3 Å². The molecule has 0 aliphatic carbocycles. The normalized spacial score (nSPS) is 21.0. The Labute approximate surface area is 149 Å². The Balaban J connectivity index is 0.000000970. The molecule has 0 unspecified atom stereocenters. The van der Waals surface area contributed by atoms with Gasteiger partial charge < -0.3 is 29.9 Å². The van der Waals surface area contributed by atoms with Gasteiger partial charge in [0.1, 0.15) is 0 Å². The van der Waals surface area contributed by atoms with Gasteiger partial charge in [0.05, 0.1) is 13.2 Å². The number of nitrogens with zero attached hydrogens (tertiary/aromatic N) is 1. The molecular weight excluding hydrogens is 328 g/mol. The van der Waals surface area contributed by atoms with Gasteiger partial charge in [-0.2, -0.15) is 0 Å². The number of likely N-dealkylation sites (tertiary alicyclic amines) is 1. The highest BCUT2D eigenvalue weighted by Crippen LogP contribution is 2.29. The first-order valence-corrected chi connectivity index (χ1v) is 8.86. The summed E-state index contributed by atoms with van der Waals surface area (Å²) in [7, 11) is 1.72. The Kier molecular flexibility index (Phi) is 10.6. The number of hydrogen-bond donors (Lipinski definition) is 3. The van der Waals surface area contributed by atoms with Gasteiger partial charge in [0.15, 0.2) is 0 Å². The van der Waals surface area contributed by atoms with Crippen LogP contribution in [0.2, 0.25) is 0 Å². The van der Waals surface area contributed by atoms with E-state index in [2.05, 4.69) is 10.2 Å². The number of carboxylic acid groups (broad SMARTS) is 1. The Hall–Kier alpha value is -1.22. The van der Waals surface area contributed by atoms with Crippen LogP contribution >= 0.6 is 0 Å². The molecule has 2 aliphatic heterocycles. The van der Waals surface area contributed by atoms with E-state index >= 15 is 0 Å². The Morgan fingerprint density at radius 3 is 2.48 bits per heavy atom. The molecule has 0 aromatic carbocycles. The van der Waals surface area contributed by atoms with Crippen molar-refractivity contribution in [2.24, 2.45) is 11.3 Å². The van der Waals surface area contributed by atoms with Gasteiger partial charge in [-0.15, -0.1) is 0 Å². The fourth-order valence-corrected chi connectivity index (χ4v) is 3.25. The summed E-state index contributed by atoms with van der Waals surface area (Å²) in [4.78, 5) is 23.1. The summed E-state index contributed by atoms with van der Waals surface area (Å²) in [5.74, 6) is 0.250. The number of methoxy groups -OCH3 is 1. The van der Waals surface area contributed by atoms with E-state index in [0.717, 1.165) is 51.9 Å². The molecule has 25 heavy (non-hydrogen) atoms. The van der Waals surface area contributed by atoms with Crippen LogP contribution in [0, 0.1) is 11.3 Å². The van der Waals surface area contributed by atoms with Gasteiger partial charge in [-0.05, 0) is 38.8 Å². The molecule has 0 bridgehead atoms. The molecule has 2 aliphatic rings. The van der Waals surface area contributed by atoms with Crippen LogP contribution in [-0.4, -0.2) is 87.2 Å². The molecule has 1 amide bonds. The van der Waals surface area contributed by atoms with Gasteiger partial charge in [-0.25, -0.2) is 0 Å². The summed E-state index contributed by atoms with van der Waals surface area (Å²) >= 11 is 0. The van der Waals surface area contributed by atoms with Crippen molar-refractivity contribution in [2.45, 2.75) is 25.7 Å². The van der Waals surface area contributed by atoms with Gasteiger partial charge in [-0.3, -0.25) is 9.59 Å². The quantitative estimate of drug-likeness (QED) is 0.546. The first-order valence-electron chi connectivity index (χ1n) is 8.86. The van der Waals surface area contributed by atoms with Crippen molar-refractivity contribution in [1.29, 1.82) is 0 Å². The molecule has 2 heterocycles. The molecule has 8 heteroatoms. The number of carbonyl (C=O) groups excluding carboxylic acids is 1. The van der Waals surface area contributed by atoms with Crippen molar-refractivity contribution in [2.75, 3.05) is 59.7 Å². The minimum absolute atomic E-state index is 0.106. The van der Waals surface area contributed by atoms with Crippen LogP contribution in [0.15, 0.2) is 0 Å². The van der Waals surface area contributed by atoms with Crippen molar-refractivity contribution >= 4 is 12.4 Å². The molecule has 0 radical (unpaired) electrons. The van der Waals surface area contributed by atoms with Crippen molar-refractivity contribution in [1.82, 2.24) is 10.2 Å². The van der Waals surface area contributed by atoms with E-state index in [1.165, 1.54) is 0 Å². The minimum atomic E-state index is -0.250. The number of aliphatic hydroxyl groups is 1. The largest absolute Gasteiger partial charge is 0.483 e. The number of carbonyl (C=O) groups is 2. The summed E-state index contributed by atoms with van der Waals surface area (Å²) < 4.78 is 10.4. The second-order valence-electron chi connectivity index (χ2n) is 6.70. The van der Waals surface area contributed by atoms with Gasteiger partial charge in [-0.1, -0.05) is 0 Å². The Morgan fingerprint density at radius 1 is 1.36 bits per heavy atom. The number of nitrogens with one attached hydrogen (secondary N) is 1. The third kappa shape index (κ3) is 7.68. The number of ether oxygens (including phenoxy) is 2. The highest BCUT2D eigenvalue weighted by atomic mass is 16.5. The monoisotopic (exact) mass is 360 g/mol. The molecule has 146 valence electrons. The van der Waals surface area contributed by atoms with E-state index in [1.807, 2.05) is 0 Å². The average Bonchev–Trinajstić information content (AvgIpc) is 2.66. The van der Waals surface area contributed by atoms with E-state index < -0.39 is 0 Å². The topological polar surface area (TPSA) is 108 Å². The molecule has 0 spiro atoms. The third-order valence-corrected chi connectivity index (χ3v) is 5.10. The number of hydrogen-bond acceptors (Lipinski definition) is 6. The van der Waals surface area contributed by atoms with Crippen LogP contribution < -0.4 is 5.32 Å². The van der Waals surface area contributed by atoms with Gasteiger partial charge >= 0.3 is 0 Å². The predicted molar refractivity (Wildman–Crippen MR) is 92.3 cm³/mol. The highest BCUT2D eigenvalue weighted by Gasteiger charge is 2.33. The van der Waals surface area contributed by atoms with Crippen molar-refractivity contribution in [3.8, 4) is 0 Å².